The highest BCUT2D eigenvalue weighted by Gasteiger charge is 2.52. The number of ether oxygens (including phenoxy) is 1. The van der Waals surface area contributed by atoms with Crippen LogP contribution >= 0.6 is 0 Å². The Balaban J connectivity index is 1.30. The molecular formula is C41H44OSi. The molecule has 2 radical (unpaired) electrons. The predicted molar refractivity (Wildman–Crippen MR) is 180 cm³/mol. The summed E-state index contributed by atoms with van der Waals surface area (Å²) in [5.41, 5.74) is 4.76. The lowest BCUT2D eigenvalue weighted by atomic mass is 9.79. The van der Waals surface area contributed by atoms with Gasteiger partial charge in [0.05, 0.1) is 15.6 Å². The maximum absolute atomic E-state index is 7.89. The molecule has 0 amide bonds. The highest BCUT2D eigenvalue weighted by atomic mass is 28.2. The number of benzene rings is 4. The van der Waals surface area contributed by atoms with Crippen LogP contribution < -0.4 is 5.19 Å². The van der Waals surface area contributed by atoms with Gasteiger partial charge < -0.3 is 4.74 Å². The molecule has 4 atom stereocenters. The molecule has 3 aliphatic carbocycles. The van der Waals surface area contributed by atoms with Gasteiger partial charge in [-0.3, -0.25) is 0 Å². The third kappa shape index (κ3) is 5.97. The van der Waals surface area contributed by atoms with Crippen molar-refractivity contribution in [3.63, 3.8) is 0 Å². The molecule has 4 aromatic carbocycles. The van der Waals surface area contributed by atoms with Gasteiger partial charge in [0.25, 0.3) is 0 Å². The molecule has 43 heavy (non-hydrogen) atoms. The summed E-state index contributed by atoms with van der Waals surface area (Å²) in [6.07, 6.45) is 13.7. The van der Waals surface area contributed by atoms with Crippen LogP contribution in [0.25, 0.3) is 0 Å². The SMILES string of the molecule is C(=C1/CC[C@@H]2[C@H](OC(c3ccccc3)(c3ccccc3)c3ccccc3)[C@@H](C[Si]c3ccccc3)C[C@@H]12)/C1CCCCC1. The Hall–Kier alpha value is -3.20. The Kier molecular flexibility index (Phi) is 8.77. The largest absolute Gasteiger partial charge is 0.357 e. The number of fused-ring (bicyclic) bond motifs is 1. The molecule has 0 unspecified atom stereocenters. The first-order chi connectivity index (χ1) is 21.3. The zero-order valence-corrected chi connectivity index (χ0v) is 26.3. The van der Waals surface area contributed by atoms with Crippen molar-refractivity contribution in [2.75, 3.05) is 0 Å². The zero-order chi connectivity index (χ0) is 28.9. The molecule has 218 valence electrons. The molecule has 0 N–H and O–H groups in total. The van der Waals surface area contributed by atoms with Gasteiger partial charge in [0.15, 0.2) is 0 Å². The molecule has 7 rings (SSSR count). The van der Waals surface area contributed by atoms with Crippen LogP contribution in [0.1, 0.15) is 68.1 Å². The molecule has 0 saturated heterocycles. The van der Waals surface area contributed by atoms with Crippen molar-refractivity contribution in [3.05, 3.63) is 150 Å². The van der Waals surface area contributed by atoms with Gasteiger partial charge in [0.2, 0.25) is 0 Å². The van der Waals surface area contributed by atoms with Crippen molar-refractivity contribution in [3.8, 4) is 0 Å². The molecule has 1 nitrogen and oxygen atoms in total. The maximum Gasteiger partial charge on any atom is 0.144 e. The molecule has 0 heterocycles. The van der Waals surface area contributed by atoms with Crippen LogP contribution in [0.2, 0.25) is 6.04 Å². The Morgan fingerprint density at radius 1 is 0.651 bits per heavy atom. The van der Waals surface area contributed by atoms with Gasteiger partial charge >= 0.3 is 0 Å². The van der Waals surface area contributed by atoms with Crippen molar-refractivity contribution in [2.24, 2.45) is 23.7 Å². The minimum absolute atomic E-state index is 0.207. The number of hydrogen-bond acceptors (Lipinski definition) is 1. The lowest BCUT2D eigenvalue weighted by molar-refractivity contribution is -0.0820. The van der Waals surface area contributed by atoms with Crippen LogP contribution in [-0.2, 0) is 10.3 Å². The smallest absolute Gasteiger partial charge is 0.144 e. The highest BCUT2D eigenvalue weighted by molar-refractivity contribution is 6.53. The standard InChI is InChI=1S/C41H44OSi/c1-6-16-31(17-7-1)28-32-26-27-38-39(32)29-33(30-43-37-24-14-5-15-25-37)40(38)42-41(34-18-8-2-9-19-34,35-20-10-3-11-21-35)36-22-12-4-13-23-36/h2-5,8-15,18-25,28,31,33,38-40H,1,6-7,16-17,26-27,29-30H2/b32-28+/t33-,38+,39+,40-/m1/s1. The second-order valence-electron chi connectivity index (χ2n) is 13.1. The van der Waals surface area contributed by atoms with E-state index < -0.39 is 5.60 Å². The van der Waals surface area contributed by atoms with Crippen LogP contribution in [0.15, 0.2) is 133 Å². The van der Waals surface area contributed by atoms with Crippen LogP contribution in [0.4, 0.5) is 0 Å². The Bertz CT molecular complexity index is 1360. The average molecular weight is 581 g/mol. The van der Waals surface area contributed by atoms with Crippen LogP contribution in [0.3, 0.4) is 0 Å². The van der Waals surface area contributed by atoms with Crippen molar-refractivity contribution < 1.29 is 4.74 Å². The van der Waals surface area contributed by atoms with Gasteiger partial charge in [0, 0.05) is 0 Å². The minimum Gasteiger partial charge on any atom is -0.357 e. The van der Waals surface area contributed by atoms with Gasteiger partial charge in [-0.2, -0.15) is 0 Å². The maximum atomic E-state index is 7.89. The van der Waals surface area contributed by atoms with Crippen LogP contribution in [-0.4, -0.2) is 15.6 Å². The molecule has 0 bridgehead atoms. The summed E-state index contributed by atoms with van der Waals surface area (Å²) < 4.78 is 7.89. The second-order valence-corrected chi connectivity index (χ2v) is 14.4. The van der Waals surface area contributed by atoms with E-state index in [4.69, 9.17) is 4.74 Å². The first-order valence-corrected chi connectivity index (χ1v) is 17.9. The summed E-state index contributed by atoms with van der Waals surface area (Å²) in [6.45, 7) is 0. The first kappa shape index (κ1) is 28.6. The lowest BCUT2D eigenvalue weighted by Gasteiger charge is -2.41. The van der Waals surface area contributed by atoms with E-state index in [1.165, 1.54) is 79.3 Å². The van der Waals surface area contributed by atoms with E-state index in [1.54, 1.807) is 5.57 Å². The fourth-order valence-electron chi connectivity index (χ4n) is 8.45. The Labute approximate surface area is 261 Å². The molecule has 0 aromatic heterocycles. The average Bonchev–Trinajstić information content (AvgIpc) is 3.63. The van der Waals surface area contributed by atoms with E-state index in [0.717, 1.165) is 15.4 Å². The fourth-order valence-corrected chi connectivity index (χ4v) is 9.77. The third-order valence-corrected chi connectivity index (χ3v) is 12.0. The molecule has 2 heteroatoms. The van der Waals surface area contributed by atoms with E-state index >= 15 is 0 Å². The lowest BCUT2D eigenvalue weighted by Crippen LogP contribution is -2.41. The zero-order valence-electron chi connectivity index (χ0n) is 25.3. The first-order valence-electron chi connectivity index (χ1n) is 16.6. The minimum atomic E-state index is -0.659. The third-order valence-electron chi connectivity index (χ3n) is 10.5. The van der Waals surface area contributed by atoms with Crippen LogP contribution in [0, 0.1) is 23.7 Å². The second kappa shape index (κ2) is 13.2. The van der Waals surface area contributed by atoms with Gasteiger partial charge in [-0.15, -0.1) is 0 Å². The van der Waals surface area contributed by atoms with Crippen molar-refractivity contribution in [1.29, 1.82) is 0 Å². The molecule has 3 saturated carbocycles. The van der Waals surface area contributed by atoms with Gasteiger partial charge in [-0.1, -0.05) is 163 Å². The quantitative estimate of drug-likeness (QED) is 0.109. The van der Waals surface area contributed by atoms with E-state index in [1.807, 2.05) is 0 Å². The normalized spacial score (nSPS) is 25.2. The molecule has 3 fully saturated rings. The monoisotopic (exact) mass is 580 g/mol. The fraction of sp³-hybridized carbons (Fsp3) is 0.366. The highest BCUT2D eigenvalue weighted by Crippen LogP contribution is 2.55. The topological polar surface area (TPSA) is 9.23 Å². The van der Waals surface area contributed by atoms with Gasteiger partial charge in [-0.05, 0) is 72.5 Å². The molecular weight excluding hydrogens is 537 g/mol. The summed E-state index contributed by atoms with van der Waals surface area (Å²) in [7, 11) is 0.813. The van der Waals surface area contributed by atoms with E-state index in [0.29, 0.717) is 17.8 Å². The summed E-state index contributed by atoms with van der Waals surface area (Å²) in [6, 6.07) is 45.4. The molecule has 0 aliphatic heterocycles. The Morgan fingerprint density at radius 2 is 1.19 bits per heavy atom. The molecule has 4 aromatic rings. The summed E-state index contributed by atoms with van der Waals surface area (Å²) in [5.74, 6) is 2.58. The summed E-state index contributed by atoms with van der Waals surface area (Å²) in [5, 5.41) is 1.47. The number of rotatable bonds is 9. The van der Waals surface area contributed by atoms with Gasteiger partial charge in [0.1, 0.15) is 5.60 Å². The van der Waals surface area contributed by atoms with Crippen molar-refractivity contribution >= 4 is 14.7 Å². The van der Waals surface area contributed by atoms with Crippen molar-refractivity contribution in [1.82, 2.24) is 0 Å². The molecule has 0 spiro atoms. The van der Waals surface area contributed by atoms with E-state index in [2.05, 4.69) is 127 Å². The molecule has 3 aliphatic rings. The van der Waals surface area contributed by atoms with Crippen LogP contribution in [0.5, 0.6) is 0 Å². The summed E-state index contributed by atoms with van der Waals surface area (Å²) >= 11 is 0. The van der Waals surface area contributed by atoms with Gasteiger partial charge in [-0.25, -0.2) is 0 Å². The predicted octanol–water partition coefficient (Wildman–Crippen LogP) is 9.36. The van der Waals surface area contributed by atoms with E-state index in [9.17, 15) is 0 Å². The summed E-state index contributed by atoms with van der Waals surface area (Å²) in [4.78, 5) is 0. The Morgan fingerprint density at radius 3 is 1.74 bits per heavy atom. The number of hydrogen-bond donors (Lipinski definition) is 0. The van der Waals surface area contributed by atoms with Crippen molar-refractivity contribution in [2.45, 2.75) is 69.1 Å². The number of allylic oxidation sites excluding steroid dienone is 2. The van der Waals surface area contributed by atoms with E-state index in [-0.39, 0.29) is 6.10 Å².